The molecule has 0 atom stereocenters. The fourth-order valence-corrected chi connectivity index (χ4v) is 2.34. The first-order valence-electron chi connectivity index (χ1n) is 7.41. The predicted octanol–water partition coefficient (Wildman–Crippen LogP) is 3.46. The number of hydrogen-bond donors (Lipinski definition) is 2. The lowest BCUT2D eigenvalue weighted by Gasteiger charge is -2.02. The largest absolute Gasteiger partial charge is 0.478 e. The van der Waals surface area contributed by atoms with E-state index in [1.54, 1.807) is 30.3 Å². The highest BCUT2D eigenvalue weighted by molar-refractivity contribution is 6.33. The van der Waals surface area contributed by atoms with Crippen LogP contribution in [0, 0.1) is 0 Å². The molecular formula is C18H12ClN3O4. The number of carbonyl (C=O) groups excluding carboxylic acids is 1. The van der Waals surface area contributed by atoms with Crippen LogP contribution in [0.4, 0.5) is 0 Å². The number of carboxylic acid groups (broad SMARTS) is 1. The first kappa shape index (κ1) is 17.4. The van der Waals surface area contributed by atoms with Crippen LogP contribution < -0.4 is 5.43 Å². The van der Waals surface area contributed by atoms with E-state index in [1.165, 1.54) is 30.7 Å². The van der Waals surface area contributed by atoms with Crippen molar-refractivity contribution in [3.8, 4) is 11.3 Å². The highest BCUT2D eigenvalue weighted by atomic mass is 35.5. The molecular weight excluding hydrogens is 358 g/mol. The van der Waals surface area contributed by atoms with Gasteiger partial charge in [-0.25, -0.2) is 10.2 Å². The fourth-order valence-electron chi connectivity index (χ4n) is 2.14. The average molecular weight is 370 g/mol. The molecule has 1 aromatic carbocycles. The molecule has 2 aromatic heterocycles. The molecule has 7 nitrogen and oxygen atoms in total. The first-order chi connectivity index (χ1) is 12.5. The summed E-state index contributed by atoms with van der Waals surface area (Å²) in [5.41, 5.74) is 3.35. The molecule has 130 valence electrons. The first-order valence-corrected chi connectivity index (χ1v) is 7.79. The molecule has 0 spiro atoms. The number of furan rings is 1. The Morgan fingerprint density at radius 3 is 2.65 bits per heavy atom. The van der Waals surface area contributed by atoms with Gasteiger partial charge in [0.05, 0.1) is 16.8 Å². The smallest absolute Gasteiger partial charge is 0.337 e. The molecule has 0 fully saturated rings. The number of hydrogen-bond acceptors (Lipinski definition) is 5. The Bertz CT molecular complexity index is 983. The molecule has 26 heavy (non-hydrogen) atoms. The third-order valence-electron chi connectivity index (χ3n) is 3.41. The molecule has 0 aliphatic heterocycles. The molecule has 2 N–H and O–H groups in total. The van der Waals surface area contributed by atoms with E-state index in [9.17, 15) is 9.59 Å². The SMILES string of the molecule is O=C(N/N=C/c1ccc(-c2ccc(Cl)c(C(=O)O)c2)o1)c1ccncc1. The standard InChI is InChI=1S/C18H12ClN3O4/c19-15-3-1-12(9-14(15)18(24)25)16-4-2-13(26-16)10-21-22-17(23)11-5-7-20-8-6-11/h1-10H,(H,22,23)(H,24,25)/b21-10+. The van der Waals surface area contributed by atoms with E-state index in [2.05, 4.69) is 15.5 Å². The Labute approximate surface area is 152 Å². The Kier molecular flexibility index (Phi) is 5.09. The highest BCUT2D eigenvalue weighted by Gasteiger charge is 2.12. The lowest BCUT2D eigenvalue weighted by Crippen LogP contribution is -2.17. The normalized spacial score (nSPS) is 10.8. The number of benzene rings is 1. The van der Waals surface area contributed by atoms with E-state index in [1.807, 2.05) is 0 Å². The average Bonchev–Trinajstić information content (AvgIpc) is 3.11. The van der Waals surface area contributed by atoms with Gasteiger partial charge in [-0.15, -0.1) is 0 Å². The molecule has 0 aliphatic rings. The maximum absolute atomic E-state index is 11.8. The van der Waals surface area contributed by atoms with Crippen molar-refractivity contribution in [1.29, 1.82) is 0 Å². The van der Waals surface area contributed by atoms with E-state index in [4.69, 9.17) is 21.1 Å². The molecule has 3 aromatic rings. The second kappa shape index (κ2) is 7.62. The van der Waals surface area contributed by atoms with Crippen LogP contribution >= 0.6 is 11.6 Å². The maximum Gasteiger partial charge on any atom is 0.337 e. The minimum absolute atomic E-state index is 0.0135. The van der Waals surface area contributed by atoms with Gasteiger partial charge >= 0.3 is 5.97 Å². The topological polar surface area (TPSA) is 105 Å². The van der Waals surface area contributed by atoms with Crippen LogP contribution in [0.15, 0.2) is 64.4 Å². The van der Waals surface area contributed by atoms with Crippen LogP contribution in [-0.2, 0) is 0 Å². The van der Waals surface area contributed by atoms with Gasteiger partial charge < -0.3 is 9.52 Å². The molecule has 0 aliphatic carbocycles. The molecule has 0 saturated heterocycles. The number of nitrogens with zero attached hydrogens (tertiary/aromatic N) is 2. The number of pyridine rings is 1. The van der Waals surface area contributed by atoms with Gasteiger partial charge in [0.25, 0.3) is 5.91 Å². The van der Waals surface area contributed by atoms with Crippen molar-refractivity contribution < 1.29 is 19.1 Å². The van der Waals surface area contributed by atoms with Crippen molar-refractivity contribution in [3.63, 3.8) is 0 Å². The second-order valence-corrected chi connectivity index (χ2v) is 5.54. The summed E-state index contributed by atoms with van der Waals surface area (Å²) in [4.78, 5) is 26.8. The van der Waals surface area contributed by atoms with Crippen LogP contribution in [0.2, 0.25) is 5.02 Å². The Balaban J connectivity index is 1.71. The number of rotatable bonds is 5. The van der Waals surface area contributed by atoms with E-state index < -0.39 is 5.97 Å². The number of nitrogens with one attached hydrogen (secondary N) is 1. The number of amides is 1. The Hall–Kier alpha value is -3.45. The predicted molar refractivity (Wildman–Crippen MR) is 95.4 cm³/mol. The monoisotopic (exact) mass is 369 g/mol. The lowest BCUT2D eigenvalue weighted by molar-refractivity contribution is 0.0697. The Morgan fingerprint density at radius 1 is 1.15 bits per heavy atom. The van der Waals surface area contributed by atoms with Crippen LogP contribution in [0.25, 0.3) is 11.3 Å². The molecule has 2 heterocycles. The summed E-state index contributed by atoms with van der Waals surface area (Å²) in [6.45, 7) is 0. The third-order valence-corrected chi connectivity index (χ3v) is 3.74. The van der Waals surface area contributed by atoms with Crippen LogP contribution in [-0.4, -0.2) is 28.2 Å². The highest BCUT2D eigenvalue weighted by Crippen LogP contribution is 2.26. The second-order valence-electron chi connectivity index (χ2n) is 5.14. The molecule has 0 saturated carbocycles. The van der Waals surface area contributed by atoms with Crippen LogP contribution in [0.5, 0.6) is 0 Å². The zero-order chi connectivity index (χ0) is 18.5. The summed E-state index contributed by atoms with van der Waals surface area (Å²) in [7, 11) is 0. The van der Waals surface area contributed by atoms with Gasteiger partial charge in [-0.2, -0.15) is 5.10 Å². The van der Waals surface area contributed by atoms with Crippen molar-refractivity contribution in [2.45, 2.75) is 0 Å². The zero-order valence-corrected chi connectivity index (χ0v) is 14.0. The number of carbonyl (C=O) groups is 2. The van der Waals surface area contributed by atoms with Crippen molar-refractivity contribution in [1.82, 2.24) is 10.4 Å². The van der Waals surface area contributed by atoms with Gasteiger partial charge in [-0.3, -0.25) is 9.78 Å². The molecule has 0 radical (unpaired) electrons. The van der Waals surface area contributed by atoms with Crippen molar-refractivity contribution in [2.24, 2.45) is 5.10 Å². The minimum atomic E-state index is -1.12. The quantitative estimate of drug-likeness (QED) is 0.529. The van der Waals surface area contributed by atoms with E-state index in [-0.39, 0.29) is 16.5 Å². The summed E-state index contributed by atoms with van der Waals surface area (Å²) in [6.07, 6.45) is 4.36. The van der Waals surface area contributed by atoms with Gasteiger partial charge in [0.1, 0.15) is 11.5 Å². The minimum Gasteiger partial charge on any atom is -0.478 e. The fraction of sp³-hybridized carbons (Fsp3) is 0. The summed E-state index contributed by atoms with van der Waals surface area (Å²) in [5, 5.41) is 13.1. The van der Waals surface area contributed by atoms with Gasteiger partial charge in [0.2, 0.25) is 0 Å². The van der Waals surface area contributed by atoms with Crippen LogP contribution in [0.3, 0.4) is 0 Å². The van der Waals surface area contributed by atoms with Gasteiger partial charge in [0.15, 0.2) is 0 Å². The third kappa shape index (κ3) is 3.96. The zero-order valence-electron chi connectivity index (χ0n) is 13.2. The molecule has 0 unspecified atom stereocenters. The molecule has 3 rings (SSSR count). The lowest BCUT2D eigenvalue weighted by atomic mass is 10.1. The summed E-state index contributed by atoms with van der Waals surface area (Å²) >= 11 is 5.86. The number of carboxylic acids is 1. The van der Waals surface area contributed by atoms with Crippen LogP contribution in [0.1, 0.15) is 26.5 Å². The number of halogens is 1. The van der Waals surface area contributed by atoms with Gasteiger partial charge in [0, 0.05) is 23.5 Å². The van der Waals surface area contributed by atoms with Gasteiger partial charge in [-0.05, 0) is 42.5 Å². The van der Waals surface area contributed by atoms with Crippen molar-refractivity contribution in [2.75, 3.05) is 0 Å². The van der Waals surface area contributed by atoms with E-state index in [0.717, 1.165) is 0 Å². The number of hydrazone groups is 1. The Morgan fingerprint density at radius 2 is 1.92 bits per heavy atom. The molecule has 1 amide bonds. The van der Waals surface area contributed by atoms with E-state index in [0.29, 0.717) is 22.6 Å². The summed E-state index contributed by atoms with van der Waals surface area (Å²) in [5.74, 6) is -0.656. The van der Waals surface area contributed by atoms with E-state index >= 15 is 0 Å². The van der Waals surface area contributed by atoms with Gasteiger partial charge in [-0.1, -0.05) is 11.6 Å². The molecule has 0 bridgehead atoms. The molecule has 8 heteroatoms. The summed E-state index contributed by atoms with van der Waals surface area (Å²) < 4.78 is 5.59. The maximum atomic E-state index is 11.8. The summed E-state index contributed by atoms with van der Waals surface area (Å²) in [6, 6.07) is 11.0. The van der Waals surface area contributed by atoms with Crippen molar-refractivity contribution >= 4 is 29.7 Å². The van der Waals surface area contributed by atoms with Crippen molar-refractivity contribution in [3.05, 3.63) is 76.8 Å². The number of aromatic carboxylic acids is 1. The number of aromatic nitrogens is 1.